The smallest absolute Gasteiger partial charge is 0.248 e. The van der Waals surface area contributed by atoms with Gasteiger partial charge in [-0.05, 0) is 37.6 Å². The van der Waals surface area contributed by atoms with Gasteiger partial charge in [0.2, 0.25) is 5.91 Å². The minimum absolute atomic E-state index is 0.0816. The zero-order valence-corrected chi connectivity index (χ0v) is 11.3. The molecular weight excluding hydrogens is 240 g/mol. The molecule has 1 aromatic heterocycles. The number of imidazole rings is 1. The molecule has 5 heteroatoms. The zero-order valence-electron chi connectivity index (χ0n) is 11.3. The van der Waals surface area contributed by atoms with E-state index in [4.69, 9.17) is 5.73 Å². The molecule has 2 rings (SSSR count). The second kappa shape index (κ2) is 5.14. The van der Waals surface area contributed by atoms with Gasteiger partial charge >= 0.3 is 0 Å². The lowest BCUT2D eigenvalue weighted by Gasteiger charge is -2.17. The van der Waals surface area contributed by atoms with Gasteiger partial charge in [-0.3, -0.25) is 4.79 Å². The number of carbonyl (C=O) groups excluding carboxylic acids is 1. The number of hydrogen-bond acceptors (Lipinski definition) is 3. The van der Waals surface area contributed by atoms with Crippen LogP contribution in [0, 0.1) is 6.92 Å². The van der Waals surface area contributed by atoms with E-state index < -0.39 is 5.91 Å². The van der Waals surface area contributed by atoms with Crippen LogP contribution in [0.5, 0.6) is 0 Å². The summed E-state index contributed by atoms with van der Waals surface area (Å²) in [7, 11) is 1.96. The van der Waals surface area contributed by atoms with Gasteiger partial charge in [-0.15, -0.1) is 0 Å². The lowest BCUT2D eigenvalue weighted by molar-refractivity contribution is 0.1000. The summed E-state index contributed by atoms with van der Waals surface area (Å²) in [6.07, 6.45) is 3.69. The summed E-state index contributed by atoms with van der Waals surface area (Å²) in [5.74, 6) is 0.546. The number of carbonyl (C=O) groups is 1. The van der Waals surface area contributed by atoms with Crippen LogP contribution >= 0.6 is 0 Å². The third kappa shape index (κ3) is 2.76. The number of rotatable bonds is 4. The molecule has 5 nitrogen and oxygen atoms in total. The van der Waals surface area contributed by atoms with Crippen molar-refractivity contribution < 1.29 is 4.79 Å². The van der Waals surface area contributed by atoms with E-state index in [0.29, 0.717) is 5.56 Å². The number of amides is 1. The average Bonchev–Trinajstić information content (AvgIpc) is 2.77. The molecule has 100 valence electrons. The Morgan fingerprint density at radius 1 is 1.47 bits per heavy atom. The first-order valence-electron chi connectivity index (χ1n) is 6.13. The summed E-state index contributed by atoms with van der Waals surface area (Å²) >= 11 is 0. The molecule has 1 unspecified atom stereocenters. The SMILES string of the molecule is Cc1cc(C(N)=O)ccc1NC(C)c1nccn1C. The quantitative estimate of drug-likeness (QED) is 0.881. The van der Waals surface area contributed by atoms with Crippen LogP contribution in [0.25, 0.3) is 0 Å². The van der Waals surface area contributed by atoms with Crippen LogP contribution < -0.4 is 11.1 Å². The highest BCUT2D eigenvalue weighted by molar-refractivity contribution is 5.93. The molecule has 1 amide bonds. The molecule has 0 fully saturated rings. The number of nitrogens with zero attached hydrogens (tertiary/aromatic N) is 2. The predicted molar refractivity (Wildman–Crippen MR) is 74.9 cm³/mol. The van der Waals surface area contributed by atoms with E-state index in [1.54, 1.807) is 18.3 Å². The van der Waals surface area contributed by atoms with Gasteiger partial charge in [-0.25, -0.2) is 4.98 Å². The fourth-order valence-electron chi connectivity index (χ4n) is 2.07. The number of aromatic nitrogens is 2. The molecule has 0 saturated heterocycles. The number of nitrogens with two attached hydrogens (primary N) is 1. The van der Waals surface area contributed by atoms with Gasteiger partial charge in [0.05, 0.1) is 6.04 Å². The van der Waals surface area contributed by atoms with Gasteiger partial charge in [0, 0.05) is 30.7 Å². The topological polar surface area (TPSA) is 72.9 Å². The summed E-state index contributed by atoms with van der Waals surface area (Å²) in [6, 6.07) is 5.46. The van der Waals surface area contributed by atoms with Gasteiger partial charge in [0.1, 0.15) is 5.82 Å². The van der Waals surface area contributed by atoms with Crippen molar-refractivity contribution in [3.8, 4) is 0 Å². The third-order valence-corrected chi connectivity index (χ3v) is 3.13. The molecule has 0 saturated carbocycles. The molecule has 0 aliphatic carbocycles. The summed E-state index contributed by atoms with van der Waals surface area (Å²) in [6.45, 7) is 3.99. The molecule has 1 atom stereocenters. The minimum atomic E-state index is -0.410. The Bertz CT molecular complexity index is 603. The third-order valence-electron chi connectivity index (χ3n) is 3.13. The molecule has 0 radical (unpaired) electrons. The van der Waals surface area contributed by atoms with Crippen LogP contribution in [-0.4, -0.2) is 15.5 Å². The zero-order chi connectivity index (χ0) is 14.0. The summed E-state index contributed by atoms with van der Waals surface area (Å²) < 4.78 is 1.98. The largest absolute Gasteiger partial charge is 0.375 e. The average molecular weight is 258 g/mol. The van der Waals surface area contributed by atoms with Crippen molar-refractivity contribution in [3.63, 3.8) is 0 Å². The Hall–Kier alpha value is -2.30. The Balaban J connectivity index is 2.20. The second-order valence-electron chi connectivity index (χ2n) is 4.66. The second-order valence-corrected chi connectivity index (χ2v) is 4.66. The van der Waals surface area contributed by atoms with Crippen LogP contribution in [-0.2, 0) is 7.05 Å². The number of anilines is 1. The number of benzene rings is 1. The Kier molecular flexibility index (Phi) is 3.55. The first-order valence-corrected chi connectivity index (χ1v) is 6.13. The molecule has 1 aromatic carbocycles. The van der Waals surface area contributed by atoms with E-state index in [-0.39, 0.29) is 6.04 Å². The highest BCUT2D eigenvalue weighted by Crippen LogP contribution is 2.22. The van der Waals surface area contributed by atoms with E-state index in [0.717, 1.165) is 17.1 Å². The highest BCUT2D eigenvalue weighted by Gasteiger charge is 2.11. The molecule has 0 aliphatic rings. The summed E-state index contributed by atoms with van der Waals surface area (Å²) in [4.78, 5) is 15.4. The molecular formula is C14H18N4O. The maximum Gasteiger partial charge on any atom is 0.248 e. The van der Waals surface area contributed by atoms with Crippen LogP contribution in [0.2, 0.25) is 0 Å². The number of aryl methyl sites for hydroxylation is 2. The van der Waals surface area contributed by atoms with Gasteiger partial charge in [0.15, 0.2) is 0 Å². The van der Waals surface area contributed by atoms with Gasteiger partial charge < -0.3 is 15.6 Å². The van der Waals surface area contributed by atoms with Crippen molar-refractivity contribution in [3.05, 3.63) is 47.5 Å². The van der Waals surface area contributed by atoms with Crippen LogP contribution in [0.15, 0.2) is 30.6 Å². The Labute approximate surface area is 112 Å². The normalized spacial score (nSPS) is 12.2. The number of hydrogen-bond donors (Lipinski definition) is 2. The van der Waals surface area contributed by atoms with Crippen molar-refractivity contribution in [1.82, 2.24) is 9.55 Å². The molecule has 0 aliphatic heterocycles. The lowest BCUT2D eigenvalue weighted by atomic mass is 10.1. The van der Waals surface area contributed by atoms with Crippen LogP contribution in [0.1, 0.15) is 34.7 Å². The van der Waals surface area contributed by atoms with Gasteiger partial charge in [-0.1, -0.05) is 0 Å². The fraction of sp³-hybridized carbons (Fsp3) is 0.286. The summed E-state index contributed by atoms with van der Waals surface area (Å²) in [5, 5.41) is 3.38. The van der Waals surface area contributed by atoms with Crippen molar-refractivity contribution in [2.75, 3.05) is 5.32 Å². The number of nitrogens with one attached hydrogen (secondary N) is 1. The first kappa shape index (κ1) is 13.1. The van der Waals surface area contributed by atoms with E-state index in [9.17, 15) is 4.79 Å². The maximum absolute atomic E-state index is 11.1. The Morgan fingerprint density at radius 2 is 2.21 bits per heavy atom. The summed E-state index contributed by atoms with van der Waals surface area (Å²) in [5.41, 5.74) is 7.74. The van der Waals surface area contributed by atoms with E-state index in [1.165, 1.54) is 0 Å². The minimum Gasteiger partial charge on any atom is -0.375 e. The molecule has 2 aromatic rings. The number of primary amides is 1. The lowest BCUT2D eigenvalue weighted by Crippen LogP contribution is -2.14. The van der Waals surface area contributed by atoms with E-state index in [1.807, 2.05) is 37.7 Å². The standard InChI is InChI=1S/C14H18N4O/c1-9-8-11(13(15)19)4-5-12(9)17-10(2)14-16-6-7-18(14)3/h4-8,10,17H,1-3H3,(H2,15,19). The molecule has 1 heterocycles. The fourth-order valence-corrected chi connectivity index (χ4v) is 2.07. The van der Waals surface area contributed by atoms with Crippen LogP contribution in [0.3, 0.4) is 0 Å². The van der Waals surface area contributed by atoms with E-state index >= 15 is 0 Å². The van der Waals surface area contributed by atoms with E-state index in [2.05, 4.69) is 10.3 Å². The van der Waals surface area contributed by atoms with Crippen molar-refractivity contribution in [2.45, 2.75) is 19.9 Å². The predicted octanol–water partition coefficient (Wildman–Crippen LogP) is 2.00. The van der Waals surface area contributed by atoms with Crippen LogP contribution in [0.4, 0.5) is 5.69 Å². The monoisotopic (exact) mass is 258 g/mol. The Morgan fingerprint density at radius 3 is 2.74 bits per heavy atom. The van der Waals surface area contributed by atoms with Crippen molar-refractivity contribution in [1.29, 1.82) is 0 Å². The molecule has 0 spiro atoms. The highest BCUT2D eigenvalue weighted by atomic mass is 16.1. The molecule has 3 N–H and O–H groups in total. The van der Waals surface area contributed by atoms with Gasteiger partial charge in [-0.2, -0.15) is 0 Å². The maximum atomic E-state index is 11.1. The molecule has 19 heavy (non-hydrogen) atoms. The molecule has 0 bridgehead atoms. The van der Waals surface area contributed by atoms with Gasteiger partial charge in [0.25, 0.3) is 0 Å². The van der Waals surface area contributed by atoms with Crippen molar-refractivity contribution in [2.24, 2.45) is 12.8 Å². The van der Waals surface area contributed by atoms with Crippen molar-refractivity contribution >= 4 is 11.6 Å². The first-order chi connectivity index (χ1) is 8.99.